The molecule has 2 heterocycles. The van der Waals surface area contributed by atoms with Crippen molar-refractivity contribution in [1.29, 1.82) is 0 Å². The van der Waals surface area contributed by atoms with Crippen molar-refractivity contribution >= 4 is 11.8 Å². The van der Waals surface area contributed by atoms with Crippen molar-refractivity contribution < 1.29 is 23.6 Å². The van der Waals surface area contributed by atoms with Gasteiger partial charge in [0.25, 0.3) is 0 Å². The monoisotopic (exact) mass is 417 g/mol. The first-order valence-electron chi connectivity index (χ1n) is 10.1. The number of benzene rings is 1. The molecule has 0 radical (unpaired) electrons. The number of amides is 2. The number of hydrogen-bond donors (Lipinski definition) is 2. The highest BCUT2D eigenvalue weighted by molar-refractivity contribution is 5.91. The van der Waals surface area contributed by atoms with Crippen molar-refractivity contribution in [2.24, 2.45) is 5.92 Å². The zero-order valence-corrected chi connectivity index (χ0v) is 17.6. The average Bonchev–Trinajstić information content (AvgIpc) is 3.27. The number of carbonyl (C=O) groups excluding carboxylic acids is 2. The van der Waals surface area contributed by atoms with Crippen molar-refractivity contribution in [3.05, 3.63) is 53.2 Å². The molecule has 0 aliphatic carbocycles. The first-order chi connectivity index (χ1) is 14.2. The van der Waals surface area contributed by atoms with Crippen LogP contribution >= 0.6 is 0 Å². The average molecular weight is 417 g/mol. The van der Waals surface area contributed by atoms with Gasteiger partial charge in [-0.05, 0) is 37.5 Å². The molecule has 8 heteroatoms. The molecule has 2 N–H and O–H groups in total. The molecule has 1 aromatic heterocycles. The number of aliphatic hydroxyl groups excluding tert-OH is 1. The SMILES string of the molecule is Cc1cc([C@H](C(=O)N2C[C@H](O)C[C@H]2C(=O)N[C@@H](C)c2cccc(F)c2)C(C)C)on1. The van der Waals surface area contributed by atoms with E-state index >= 15 is 0 Å². The van der Waals surface area contributed by atoms with Gasteiger partial charge in [0.15, 0.2) is 0 Å². The normalized spacial score (nSPS) is 21.0. The third-order valence-electron chi connectivity index (χ3n) is 5.46. The van der Waals surface area contributed by atoms with Crippen LogP contribution in [0.1, 0.15) is 56.2 Å². The molecule has 1 fully saturated rings. The van der Waals surface area contributed by atoms with Crippen molar-refractivity contribution in [3.8, 4) is 0 Å². The lowest BCUT2D eigenvalue weighted by Crippen LogP contribution is -2.48. The van der Waals surface area contributed by atoms with Crippen LogP contribution in [0.5, 0.6) is 0 Å². The molecule has 0 spiro atoms. The molecule has 2 aromatic rings. The van der Waals surface area contributed by atoms with E-state index in [-0.39, 0.29) is 36.5 Å². The van der Waals surface area contributed by atoms with Gasteiger partial charge >= 0.3 is 0 Å². The van der Waals surface area contributed by atoms with Crippen LogP contribution in [0.3, 0.4) is 0 Å². The molecule has 162 valence electrons. The number of β-amino-alcohol motifs (C(OH)–C–C–N with tert-alkyl or cyclic N) is 1. The number of hydrogen-bond acceptors (Lipinski definition) is 5. The number of aromatic nitrogens is 1. The summed E-state index contributed by atoms with van der Waals surface area (Å²) < 4.78 is 18.8. The molecule has 1 aromatic carbocycles. The highest BCUT2D eigenvalue weighted by atomic mass is 19.1. The van der Waals surface area contributed by atoms with Crippen LogP contribution in [0.25, 0.3) is 0 Å². The summed E-state index contributed by atoms with van der Waals surface area (Å²) in [4.78, 5) is 27.7. The van der Waals surface area contributed by atoms with Crippen LogP contribution in [-0.2, 0) is 9.59 Å². The fraction of sp³-hybridized carbons (Fsp3) is 0.500. The largest absolute Gasteiger partial charge is 0.391 e. The van der Waals surface area contributed by atoms with Gasteiger partial charge in [0, 0.05) is 19.0 Å². The second-order valence-electron chi connectivity index (χ2n) is 8.27. The van der Waals surface area contributed by atoms with Crippen LogP contribution in [0.4, 0.5) is 4.39 Å². The molecule has 3 rings (SSSR count). The summed E-state index contributed by atoms with van der Waals surface area (Å²) in [6.45, 7) is 7.39. The Morgan fingerprint density at radius 1 is 1.30 bits per heavy atom. The van der Waals surface area contributed by atoms with Gasteiger partial charge in [0.05, 0.1) is 17.8 Å². The lowest BCUT2D eigenvalue weighted by Gasteiger charge is -2.29. The van der Waals surface area contributed by atoms with Crippen molar-refractivity contribution in [3.63, 3.8) is 0 Å². The first kappa shape index (κ1) is 22.0. The summed E-state index contributed by atoms with van der Waals surface area (Å²) in [7, 11) is 0. The third-order valence-corrected chi connectivity index (χ3v) is 5.46. The van der Waals surface area contributed by atoms with Gasteiger partial charge < -0.3 is 19.8 Å². The molecule has 4 atom stereocenters. The number of rotatable bonds is 6. The van der Waals surface area contributed by atoms with Crippen LogP contribution in [0.15, 0.2) is 34.9 Å². The Morgan fingerprint density at radius 2 is 2.03 bits per heavy atom. The van der Waals surface area contributed by atoms with Gasteiger partial charge in [-0.3, -0.25) is 9.59 Å². The van der Waals surface area contributed by atoms with E-state index in [1.165, 1.54) is 17.0 Å². The summed E-state index contributed by atoms with van der Waals surface area (Å²) in [5.41, 5.74) is 1.29. The molecule has 1 saturated heterocycles. The van der Waals surface area contributed by atoms with Gasteiger partial charge in [-0.1, -0.05) is 31.1 Å². The molecule has 1 aliphatic rings. The van der Waals surface area contributed by atoms with Gasteiger partial charge in [0.2, 0.25) is 11.8 Å². The zero-order chi connectivity index (χ0) is 22.0. The molecular formula is C22H28FN3O4. The van der Waals surface area contributed by atoms with Crippen molar-refractivity contribution in [1.82, 2.24) is 15.4 Å². The Morgan fingerprint density at radius 3 is 2.63 bits per heavy atom. The van der Waals surface area contributed by atoms with E-state index in [9.17, 15) is 19.1 Å². The molecule has 0 bridgehead atoms. The van der Waals surface area contributed by atoms with E-state index < -0.39 is 24.1 Å². The number of nitrogens with one attached hydrogen (secondary N) is 1. The third kappa shape index (κ3) is 4.70. The van der Waals surface area contributed by atoms with Crippen LogP contribution < -0.4 is 5.32 Å². The fourth-order valence-corrected chi connectivity index (χ4v) is 3.92. The standard InChI is InChI=1S/C22H28FN3O4/c1-12(2)20(19-8-13(3)25-30-19)22(29)26-11-17(27)10-18(26)21(28)24-14(4)15-6-5-7-16(23)9-15/h5-9,12,14,17-18,20,27H,10-11H2,1-4H3,(H,24,28)/t14-,17+,18-,20+/m0/s1. The van der Waals surface area contributed by atoms with E-state index in [4.69, 9.17) is 4.52 Å². The molecular weight excluding hydrogens is 389 g/mol. The Hall–Kier alpha value is -2.74. The number of aliphatic hydroxyl groups is 1. The number of nitrogens with zero attached hydrogens (tertiary/aromatic N) is 2. The number of likely N-dealkylation sites (tertiary alicyclic amines) is 1. The Kier molecular flexibility index (Phi) is 6.55. The zero-order valence-electron chi connectivity index (χ0n) is 17.6. The van der Waals surface area contributed by atoms with Gasteiger partial charge in [0.1, 0.15) is 23.5 Å². The summed E-state index contributed by atoms with van der Waals surface area (Å²) in [5, 5.41) is 16.9. The Labute approximate surface area is 175 Å². The van der Waals surface area contributed by atoms with Gasteiger partial charge in [-0.25, -0.2) is 4.39 Å². The number of halogens is 1. The van der Waals surface area contributed by atoms with E-state index in [1.807, 2.05) is 13.8 Å². The minimum atomic E-state index is -0.811. The van der Waals surface area contributed by atoms with Crippen LogP contribution in [0.2, 0.25) is 0 Å². The molecule has 2 amide bonds. The summed E-state index contributed by atoms with van der Waals surface area (Å²) in [6, 6.07) is 6.46. The predicted molar refractivity (Wildman–Crippen MR) is 108 cm³/mol. The van der Waals surface area contributed by atoms with Gasteiger partial charge in [-0.15, -0.1) is 0 Å². The Bertz CT molecular complexity index is 913. The molecule has 0 unspecified atom stereocenters. The summed E-state index contributed by atoms with van der Waals surface area (Å²) in [6.07, 6.45) is -0.647. The van der Waals surface area contributed by atoms with Crippen LogP contribution in [0, 0.1) is 18.7 Å². The lowest BCUT2D eigenvalue weighted by molar-refractivity contribution is -0.141. The molecule has 0 saturated carbocycles. The quantitative estimate of drug-likeness (QED) is 0.754. The maximum Gasteiger partial charge on any atom is 0.243 e. The number of carbonyl (C=O) groups is 2. The topological polar surface area (TPSA) is 95.7 Å². The van der Waals surface area contributed by atoms with Crippen LogP contribution in [-0.4, -0.2) is 45.7 Å². The molecule has 30 heavy (non-hydrogen) atoms. The molecule has 1 aliphatic heterocycles. The minimum Gasteiger partial charge on any atom is -0.391 e. The van der Waals surface area contributed by atoms with E-state index in [1.54, 1.807) is 32.0 Å². The second kappa shape index (κ2) is 8.95. The maximum absolute atomic E-state index is 13.5. The Balaban J connectivity index is 1.78. The summed E-state index contributed by atoms with van der Waals surface area (Å²) >= 11 is 0. The van der Waals surface area contributed by atoms with Gasteiger partial charge in [-0.2, -0.15) is 0 Å². The predicted octanol–water partition coefficient (Wildman–Crippen LogP) is 2.70. The summed E-state index contributed by atoms with van der Waals surface area (Å²) in [5.74, 6) is -1.29. The highest BCUT2D eigenvalue weighted by Crippen LogP contribution is 2.31. The van der Waals surface area contributed by atoms with Crippen molar-refractivity contribution in [2.75, 3.05) is 6.54 Å². The fourth-order valence-electron chi connectivity index (χ4n) is 3.92. The highest BCUT2D eigenvalue weighted by Gasteiger charge is 2.43. The first-order valence-corrected chi connectivity index (χ1v) is 10.1. The van der Waals surface area contributed by atoms with E-state index in [2.05, 4.69) is 10.5 Å². The minimum absolute atomic E-state index is 0.0710. The smallest absolute Gasteiger partial charge is 0.243 e. The maximum atomic E-state index is 13.5. The number of aryl methyl sites for hydroxylation is 1. The lowest BCUT2D eigenvalue weighted by atomic mass is 9.91. The molecule has 7 nitrogen and oxygen atoms in total. The van der Waals surface area contributed by atoms with Crippen molar-refractivity contribution in [2.45, 2.75) is 58.2 Å². The van der Waals surface area contributed by atoms with E-state index in [0.29, 0.717) is 17.0 Å². The second-order valence-corrected chi connectivity index (χ2v) is 8.27. The van der Waals surface area contributed by atoms with E-state index in [0.717, 1.165) is 0 Å².